The first-order valence-corrected chi connectivity index (χ1v) is 11.0. The van der Waals surface area contributed by atoms with Crippen molar-refractivity contribution < 1.29 is 9.90 Å². The predicted octanol–water partition coefficient (Wildman–Crippen LogP) is 6.40. The topological polar surface area (TPSA) is 53.4 Å². The SMILES string of the molecule is Cc1cc(N(CC(C)C)c2cc(C(C)(C)C)cc3c2CCC3(C)C)ncc1C(=O)O. The fourth-order valence-corrected chi connectivity index (χ4v) is 4.36. The molecule has 0 aliphatic heterocycles. The summed E-state index contributed by atoms with van der Waals surface area (Å²) in [7, 11) is 0. The van der Waals surface area contributed by atoms with Gasteiger partial charge in [0.15, 0.2) is 0 Å². The zero-order chi connectivity index (χ0) is 22.4. The van der Waals surface area contributed by atoms with E-state index in [9.17, 15) is 9.90 Å². The number of fused-ring (bicyclic) bond motifs is 1. The van der Waals surface area contributed by atoms with Crippen molar-refractivity contribution in [1.82, 2.24) is 4.98 Å². The maximum absolute atomic E-state index is 11.5. The van der Waals surface area contributed by atoms with E-state index in [1.807, 2.05) is 13.0 Å². The number of hydrogen-bond donors (Lipinski definition) is 1. The quantitative estimate of drug-likeness (QED) is 0.621. The Morgan fingerprint density at radius 2 is 1.90 bits per heavy atom. The van der Waals surface area contributed by atoms with E-state index in [4.69, 9.17) is 0 Å². The second-order valence-electron chi connectivity index (χ2n) is 10.8. The fraction of sp³-hybridized carbons (Fsp3) is 0.538. The van der Waals surface area contributed by atoms with Crippen molar-refractivity contribution in [2.45, 2.75) is 79.1 Å². The molecule has 0 saturated heterocycles. The number of aryl methyl sites for hydroxylation is 1. The van der Waals surface area contributed by atoms with E-state index in [-0.39, 0.29) is 16.4 Å². The number of aromatic nitrogens is 1. The Kier molecular flexibility index (Phi) is 5.74. The highest BCUT2D eigenvalue weighted by molar-refractivity contribution is 5.89. The van der Waals surface area contributed by atoms with Crippen molar-refractivity contribution in [2.75, 3.05) is 11.4 Å². The van der Waals surface area contributed by atoms with Gasteiger partial charge in [-0.3, -0.25) is 0 Å². The van der Waals surface area contributed by atoms with Gasteiger partial charge in [-0.15, -0.1) is 0 Å². The summed E-state index contributed by atoms with van der Waals surface area (Å²) in [5.41, 5.74) is 6.62. The van der Waals surface area contributed by atoms with Crippen molar-refractivity contribution in [1.29, 1.82) is 0 Å². The van der Waals surface area contributed by atoms with Crippen molar-refractivity contribution >= 4 is 17.5 Å². The van der Waals surface area contributed by atoms with Crippen molar-refractivity contribution in [3.05, 3.63) is 52.2 Å². The molecule has 0 spiro atoms. The van der Waals surface area contributed by atoms with Gasteiger partial charge in [0, 0.05) is 18.4 Å². The molecular formula is C26H36N2O2. The Balaban J connectivity index is 2.24. The smallest absolute Gasteiger partial charge is 0.337 e. The summed E-state index contributed by atoms with van der Waals surface area (Å²) < 4.78 is 0. The standard InChI is InChI=1S/C26H36N2O2/c1-16(2)15-28(23-11-17(3)20(14-27-23)24(29)30)22-13-18(25(4,5)6)12-21-19(22)9-10-26(21,7)8/h11-14,16H,9-10,15H2,1-8H3,(H,29,30). The third kappa shape index (κ3) is 4.23. The van der Waals surface area contributed by atoms with Crippen LogP contribution in [0, 0.1) is 12.8 Å². The Hall–Kier alpha value is -2.36. The average Bonchev–Trinajstić information content (AvgIpc) is 2.93. The normalized spacial score (nSPS) is 15.4. The van der Waals surface area contributed by atoms with Gasteiger partial charge in [-0.1, -0.05) is 54.5 Å². The summed E-state index contributed by atoms with van der Waals surface area (Å²) >= 11 is 0. The zero-order valence-electron chi connectivity index (χ0n) is 19.8. The first-order valence-electron chi connectivity index (χ1n) is 11.0. The zero-order valence-corrected chi connectivity index (χ0v) is 19.8. The van der Waals surface area contributed by atoms with Gasteiger partial charge >= 0.3 is 5.97 Å². The number of nitrogens with zero attached hydrogens (tertiary/aromatic N) is 2. The summed E-state index contributed by atoms with van der Waals surface area (Å²) in [5, 5.41) is 9.41. The van der Waals surface area contributed by atoms with Gasteiger partial charge < -0.3 is 10.0 Å². The number of benzene rings is 1. The highest BCUT2D eigenvalue weighted by atomic mass is 16.4. The fourth-order valence-electron chi connectivity index (χ4n) is 4.36. The molecule has 0 unspecified atom stereocenters. The number of carboxylic acids is 1. The Bertz CT molecular complexity index is 968. The van der Waals surface area contributed by atoms with Crippen LogP contribution in [0.15, 0.2) is 24.4 Å². The van der Waals surface area contributed by atoms with Crippen LogP contribution in [-0.4, -0.2) is 22.6 Å². The minimum Gasteiger partial charge on any atom is -0.478 e. The largest absolute Gasteiger partial charge is 0.478 e. The minimum absolute atomic E-state index is 0.0441. The lowest BCUT2D eigenvalue weighted by Crippen LogP contribution is -2.26. The summed E-state index contributed by atoms with van der Waals surface area (Å²) in [5.74, 6) is 0.332. The highest BCUT2D eigenvalue weighted by Crippen LogP contribution is 2.46. The number of carbonyl (C=O) groups is 1. The molecule has 0 radical (unpaired) electrons. The van der Waals surface area contributed by atoms with E-state index in [2.05, 4.69) is 70.5 Å². The molecule has 4 heteroatoms. The highest BCUT2D eigenvalue weighted by Gasteiger charge is 2.35. The third-order valence-electron chi connectivity index (χ3n) is 6.26. The number of hydrogen-bond acceptors (Lipinski definition) is 3. The van der Waals surface area contributed by atoms with E-state index in [0.717, 1.165) is 30.8 Å². The monoisotopic (exact) mass is 408 g/mol. The first kappa shape index (κ1) is 22.3. The molecule has 0 fully saturated rings. The average molecular weight is 409 g/mol. The van der Waals surface area contributed by atoms with Crippen molar-refractivity contribution in [3.8, 4) is 0 Å². The number of rotatable bonds is 5. The lowest BCUT2D eigenvalue weighted by Gasteiger charge is -2.32. The second-order valence-corrected chi connectivity index (χ2v) is 10.8. The molecule has 0 saturated carbocycles. The maximum Gasteiger partial charge on any atom is 0.337 e. The Morgan fingerprint density at radius 1 is 1.23 bits per heavy atom. The summed E-state index contributed by atoms with van der Waals surface area (Å²) in [6.07, 6.45) is 3.70. The molecule has 1 aromatic carbocycles. The number of aromatic carboxylic acids is 1. The second kappa shape index (κ2) is 7.72. The van der Waals surface area contributed by atoms with Crippen LogP contribution in [0.2, 0.25) is 0 Å². The molecule has 2 aromatic rings. The molecule has 30 heavy (non-hydrogen) atoms. The number of pyridine rings is 1. The van der Waals surface area contributed by atoms with E-state index in [0.29, 0.717) is 5.92 Å². The van der Waals surface area contributed by atoms with Crippen LogP contribution in [-0.2, 0) is 17.3 Å². The van der Waals surface area contributed by atoms with E-state index >= 15 is 0 Å². The molecule has 1 N–H and O–H groups in total. The summed E-state index contributed by atoms with van der Waals surface area (Å²) in [6, 6.07) is 6.67. The number of anilines is 2. The maximum atomic E-state index is 11.5. The molecule has 1 aliphatic rings. The predicted molar refractivity (Wildman–Crippen MR) is 124 cm³/mol. The number of carboxylic acid groups (broad SMARTS) is 1. The van der Waals surface area contributed by atoms with Crippen LogP contribution in [0.1, 0.15) is 87.5 Å². The lowest BCUT2D eigenvalue weighted by molar-refractivity contribution is 0.0695. The minimum atomic E-state index is -0.931. The first-order chi connectivity index (χ1) is 13.8. The molecule has 1 heterocycles. The van der Waals surface area contributed by atoms with Crippen LogP contribution >= 0.6 is 0 Å². The van der Waals surface area contributed by atoms with Crippen LogP contribution in [0.5, 0.6) is 0 Å². The van der Waals surface area contributed by atoms with Gasteiger partial charge in [0.2, 0.25) is 0 Å². The van der Waals surface area contributed by atoms with Gasteiger partial charge in [-0.05, 0) is 70.9 Å². The Labute approximate surface area is 181 Å². The van der Waals surface area contributed by atoms with Gasteiger partial charge in [0.1, 0.15) is 5.82 Å². The van der Waals surface area contributed by atoms with Crippen LogP contribution in [0.3, 0.4) is 0 Å². The molecule has 0 amide bonds. The molecule has 1 aliphatic carbocycles. The van der Waals surface area contributed by atoms with Crippen molar-refractivity contribution in [3.63, 3.8) is 0 Å². The molecule has 0 bridgehead atoms. The van der Waals surface area contributed by atoms with Gasteiger partial charge in [-0.25, -0.2) is 9.78 Å². The van der Waals surface area contributed by atoms with E-state index < -0.39 is 5.97 Å². The molecular weight excluding hydrogens is 372 g/mol. The molecule has 4 nitrogen and oxygen atoms in total. The summed E-state index contributed by atoms with van der Waals surface area (Å²) in [4.78, 5) is 18.4. The third-order valence-corrected chi connectivity index (χ3v) is 6.26. The molecule has 1 aromatic heterocycles. The molecule has 0 atom stereocenters. The van der Waals surface area contributed by atoms with Gasteiger partial charge in [-0.2, -0.15) is 0 Å². The van der Waals surface area contributed by atoms with E-state index in [1.54, 1.807) is 0 Å². The lowest BCUT2D eigenvalue weighted by atomic mass is 9.80. The van der Waals surface area contributed by atoms with Gasteiger partial charge in [0.25, 0.3) is 0 Å². The van der Waals surface area contributed by atoms with Crippen LogP contribution in [0.25, 0.3) is 0 Å². The van der Waals surface area contributed by atoms with Gasteiger partial charge in [0.05, 0.1) is 5.56 Å². The van der Waals surface area contributed by atoms with Crippen molar-refractivity contribution in [2.24, 2.45) is 5.92 Å². The van der Waals surface area contributed by atoms with E-state index in [1.165, 1.54) is 28.6 Å². The summed E-state index contributed by atoms with van der Waals surface area (Å²) in [6.45, 7) is 18.6. The molecule has 162 valence electrons. The Morgan fingerprint density at radius 3 is 2.43 bits per heavy atom. The van der Waals surface area contributed by atoms with Crippen LogP contribution in [0.4, 0.5) is 11.5 Å². The van der Waals surface area contributed by atoms with Crippen LogP contribution < -0.4 is 4.90 Å². The molecule has 3 rings (SSSR count).